The van der Waals surface area contributed by atoms with Gasteiger partial charge in [-0.3, -0.25) is 4.79 Å². The van der Waals surface area contributed by atoms with Gasteiger partial charge in [-0.25, -0.2) is 4.79 Å². The third kappa shape index (κ3) is 4.98. The number of esters is 1. The number of ether oxygens (including phenoxy) is 2. The lowest BCUT2D eigenvalue weighted by atomic mass is 9.86. The van der Waals surface area contributed by atoms with Crippen molar-refractivity contribution in [2.24, 2.45) is 0 Å². The molecular weight excluding hydrogens is 354 g/mol. The molecule has 0 aliphatic rings. The van der Waals surface area contributed by atoms with Crippen molar-refractivity contribution in [1.82, 2.24) is 5.32 Å². The number of carbonyl (C=O) groups excluding carboxylic acids is 2. The predicted molar refractivity (Wildman–Crippen MR) is 109 cm³/mol. The maximum Gasteiger partial charge on any atom is 0.348 e. The van der Waals surface area contributed by atoms with Crippen LogP contribution in [-0.4, -0.2) is 30.1 Å². The number of rotatable bonds is 7. The van der Waals surface area contributed by atoms with Crippen LogP contribution in [0.5, 0.6) is 0 Å². The average Bonchev–Trinajstić information content (AvgIpc) is 2.66. The molecule has 0 saturated heterocycles. The Morgan fingerprint density at radius 2 is 1.39 bits per heavy atom. The third-order valence-electron chi connectivity index (χ3n) is 4.16. The standard InChI is InChI=1S/C23H29NO4/c1-6-27-23(18-13-9-7-10-14-18,19-15-11-8-12-16-19)21(26)28-17(2)20(25)24-22(3,4)5/h7-17H,6H2,1-5H3,(H,24,25)/t17-/m1/s1. The molecule has 0 unspecified atom stereocenters. The summed E-state index contributed by atoms with van der Waals surface area (Å²) in [4.78, 5) is 25.8. The Balaban J connectivity index is 2.44. The second-order valence-electron chi connectivity index (χ2n) is 7.63. The average molecular weight is 383 g/mol. The second kappa shape index (κ2) is 9.02. The monoisotopic (exact) mass is 383 g/mol. The van der Waals surface area contributed by atoms with E-state index in [2.05, 4.69) is 5.32 Å². The summed E-state index contributed by atoms with van der Waals surface area (Å²) in [6, 6.07) is 18.4. The van der Waals surface area contributed by atoms with Crippen LogP contribution in [0, 0.1) is 0 Å². The molecule has 1 amide bonds. The van der Waals surface area contributed by atoms with Crippen LogP contribution in [0.4, 0.5) is 0 Å². The SMILES string of the molecule is CCOC(C(=O)O[C@H](C)C(=O)NC(C)(C)C)(c1ccccc1)c1ccccc1. The lowest BCUT2D eigenvalue weighted by Crippen LogP contribution is -2.49. The Morgan fingerprint density at radius 3 is 1.79 bits per heavy atom. The van der Waals surface area contributed by atoms with Crippen molar-refractivity contribution in [3.8, 4) is 0 Å². The minimum atomic E-state index is -1.45. The fourth-order valence-corrected chi connectivity index (χ4v) is 2.96. The van der Waals surface area contributed by atoms with E-state index in [0.29, 0.717) is 17.7 Å². The summed E-state index contributed by atoms with van der Waals surface area (Å²) in [7, 11) is 0. The minimum Gasteiger partial charge on any atom is -0.450 e. The maximum atomic E-state index is 13.4. The molecule has 0 fully saturated rings. The highest BCUT2D eigenvalue weighted by Gasteiger charge is 2.46. The smallest absolute Gasteiger partial charge is 0.348 e. The van der Waals surface area contributed by atoms with Crippen molar-refractivity contribution >= 4 is 11.9 Å². The molecule has 0 saturated carbocycles. The number of hydrogen-bond donors (Lipinski definition) is 1. The third-order valence-corrected chi connectivity index (χ3v) is 4.16. The van der Waals surface area contributed by atoms with E-state index < -0.39 is 23.2 Å². The summed E-state index contributed by atoms with van der Waals surface area (Å²) in [5.74, 6) is -0.976. The van der Waals surface area contributed by atoms with Crippen LogP contribution in [-0.2, 0) is 24.7 Å². The molecule has 0 aliphatic carbocycles. The Kier molecular flexibility index (Phi) is 6.97. The van der Waals surface area contributed by atoms with E-state index in [-0.39, 0.29) is 5.91 Å². The van der Waals surface area contributed by atoms with E-state index in [1.54, 1.807) is 6.92 Å². The zero-order valence-corrected chi connectivity index (χ0v) is 17.2. The molecule has 0 radical (unpaired) electrons. The molecule has 0 aliphatic heterocycles. The van der Waals surface area contributed by atoms with Gasteiger partial charge in [-0.1, -0.05) is 60.7 Å². The largest absolute Gasteiger partial charge is 0.450 e. The van der Waals surface area contributed by atoms with Gasteiger partial charge < -0.3 is 14.8 Å². The fourth-order valence-electron chi connectivity index (χ4n) is 2.96. The van der Waals surface area contributed by atoms with Gasteiger partial charge in [0.25, 0.3) is 5.91 Å². The quantitative estimate of drug-likeness (QED) is 0.739. The van der Waals surface area contributed by atoms with Crippen LogP contribution in [0.3, 0.4) is 0 Å². The van der Waals surface area contributed by atoms with Gasteiger partial charge in [-0.05, 0) is 45.7 Å². The topological polar surface area (TPSA) is 64.6 Å². The van der Waals surface area contributed by atoms with Crippen molar-refractivity contribution in [3.63, 3.8) is 0 Å². The van der Waals surface area contributed by atoms with Crippen LogP contribution in [0.1, 0.15) is 45.7 Å². The first-order chi connectivity index (χ1) is 13.2. The predicted octanol–water partition coefficient (Wildman–Crippen LogP) is 3.81. The molecule has 5 nitrogen and oxygen atoms in total. The van der Waals surface area contributed by atoms with E-state index >= 15 is 0 Å². The van der Waals surface area contributed by atoms with E-state index in [4.69, 9.17) is 9.47 Å². The molecule has 2 aromatic rings. The van der Waals surface area contributed by atoms with E-state index in [1.807, 2.05) is 88.4 Å². The highest BCUT2D eigenvalue weighted by Crippen LogP contribution is 2.35. The molecule has 0 spiro atoms. The van der Waals surface area contributed by atoms with E-state index in [0.717, 1.165) is 0 Å². The van der Waals surface area contributed by atoms with Crippen molar-refractivity contribution < 1.29 is 19.1 Å². The molecule has 2 rings (SSSR count). The van der Waals surface area contributed by atoms with E-state index in [1.165, 1.54) is 0 Å². The first-order valence-corrected chi connectivity index (χ1v) is 9.49. The molecule has 0 aromatic heterocycles. The van der Waals surface area contributed by atoms with Gasteiger partial charge in [0.15, 0.2) is 6.10 Å². The summed E-state index contributed by atoms with van der Waals surface area (Å²) in [6.45, 7) is 9.30. The Morgan fingerprint density at radius 1 is 0.929 bits per heavy atom. The lowest BCUT2D eigenvalue weighted by Gasteiger charge is -2.33. The molecule has 150 valence electrons. The molecule has 28 heavy (non-hydrogen) atoms. The van der Waals surface area contributed by atoms with Gasteiger partial charge >= 0.3 is 5.97 Å². The fraction of sp³-hybridized carbons (Fsp3) is 0.391. The minimum absolute atomic E-state index is 0.293. The van der Waals surface area contributed by atoms with Crippen LogP contribution < -0.4 is 5.32 Å². The van der Waals surface area contributed by atoms with Gasteiger partial charge in [-0.15, -0.1) is 0 Å². The number of benzene rings is 2. The summed E-state index contributed by atoms with van der Waals surface area (Å²) in [5, 5.41) is 2.83. The zero-order chi connectivity index (χ0) is 20.8. The van der Waals surface area contributed by atoms with Crippen molar-refractivity contribution in [1.29, 1.82) is 0 Å². The van der Waals surface area contributed by atoms with Crippen LogP contribution in [0.2, 0.25) is 0 Å². The van der Waals surface area contributed by atoms with Gasteiger partial charge in [0.05, 0.1) is 0 Å². The summed E-state index contributed by atoms with van der Waals surface area (Å²) >= 11 is 0. The van der Waals surface area contributed by atoms with Crippen LogP contribution in [0.15, 0.2) is 60.7 Å². The number of hydrogen-bond acceptors (Lipinski definition) is 4. The van der Waals surface area contributed by atoms with Crippen molar-refractivity contribution in [3.05, 3.63) is 71.8 Å². The molecule has 0 bridgehead atoms. The van der Waals surface area contributed by atoms with E-state index in [9.17, 15) is 9.59 Å². The highest BCUT2D eigenvalue weighted by atomic mass is 16.6. The van der Waals surface area contributed by atoms with Gasteiger partial charge in [0.1, 0.15) is 0 Å². The normalized spacial score (nSPS) is 12.9. The Bertz CT molecular complexity index is 742. The van der Waals surface area contributed by atoms with Crippen LogP contribution in [0.25, 0.3) is 0 Å². The zero-order valence-electron chi connectivity index (χ0n) is 17.2. The van der Waals surface area contributed by atoms with Gasteiger partial charge in [0.2, 0.25) is 5.60 Å². The lowest BCUT2D eigenvalue weighted by molar-refractivity contribution is -0.176. The Labute approximate surface area is 167 Å². The highest BCUT2D eigenvalue weighted by molar-refractivity contribution is 5.89. The number of amides is 1. The maximum absolute atomic E-state index is 13.4. The second-order valence-corrected chi connectivity index (χ2v) is 7.63. The Hall–Kier alpha value is -2.66. The number of carbonyl (C=O) groups is 2. The molecule has 1 atom stereocenters. The molecule has 2 aromatic carbocycles. The summed E-state index contributed by atoms with van der Waals surface area (Å²) < 4.78 is 11.6. The summed E-state index contributed by atoms with van der Waals surface area (Å²) in [5.41, 5.74) is -0.575. The van der Waals surface area contributed by atoms with Crippen LogP contribution >= 0.6 is 0 Å². The molecule has 0 heterocycles. The first-order valence-electron chi connectivity index (χ1n) is 9.49. The van der Waals surface area contributed by atoms with Gasteiger partial charge in [-0.2, -0.15) is 0 Å². The summed E-state index contributed by atoms with van der Waals surface area (Å²) in [6.07, 6.45) is -0.959. The molecule has 1 N–H and O–H groups in total. The van der Waals surface area contributed by atoms with Crippen molar-refractivity contribution in [2.45, 2.75) is 51.9 Å². The van der Waals surface area contributed by atoms with Gasteiger partial charge in [0, 0.05) is 12.1 Å². The molecule has 5 heteroatoms. The molecular formula is C23H29NO4. The van der Waals surface area contributed by atoms with Crippen molar-refractivity contribution in [2.75, 3.05) is 6.61 Å². The first kappa shape index (κ1) is 21.6. The number of nitrogens with one attached hydrogen (secondary N) is 1.